The number of methoxy groups -OCH3 is 1. The van der Waals surface area contributed by atoms with Crippen LogP contribution in [0.4, 0.5) is 4.79 Å². The van der Waals surface area contributed by atoms with Crippen LogP contribution in [0.3, 0.4) is 0 Å². The van der Waals surface area contributed by atoms with Crippen molar-refractivity contribution in [1.29, 1.82) is 0 Å². The molecule has 0 saturated carbocycles. The molecule has 0 atom stereocenters. The number of nitrogens with zero attached hydrogens (tertiary/aromatic N) is 2. The highest BCUT2D eigenvalue weighted by Crippen LogP contribution is 2.14. The zero-order valence-electron chi connectivity index (χ0n) is 11.4. The first-order valence-electron chi connectivity index (χ1n) is 5.43. The Bertz CT molecular complexity index is 340. The molecule has 0 aromatic rings. The number of hydrogen-bond donors (Lipinski definition) is 1. The van der Waals surface area contributed by atoms with Gasteiger partial charge >= 0.3 is 18.0 Å². The van der Waals surface area contributed by atoms with E-state index in [2.05, 4.69) is 4.74 Å². The van der Waals surface area contributed by atoms with Crippen molar-refractivity contribution in [2.45, 2.75) is 25.8 Å². The van der Waals surface area contributed by atoms with Crippen LogP contribution >= 0.6 is 0 Å². The number of likely N-dealkylation sites (N-methyl/N-ethyl adjacent to an activating group) is 1. The third-order valence-electron chi connectivity index (χ3n) is 2.85. The molecule has 0 radical (unpaired) electrons. The second kappa shape index (κ2) is 6.23. The van der Waals surface area contributed by atoms with E-state index >= 15 is 0 Å². The molecule has 0 spiro atoms. The van der Waals surface area contributed by atoms with Gasteiger partial charge in [0.15, 0.2) is 0 Å². The second-order valence-electron chi connectivity index (χ2n) is 4.45. The Morgan fingerprint density at radius 3 is 2.11 bits per heavy atom. The molecular weight excluding hydrogens is 240 g/mol. The van der Waals surface area contributed by atoms with Gasteiger partial charge in [-0.25, -0.2) is 9.59 Å². The first-order valence-corrected chi connectivity index (χ1v) is 5.43. The van der Waals surface area contributed by atoms with Gasteiger partial charge < -0.3 is 19.6 Å². The summed E-state index contributed by atoms with van der Waals surface area (Å²) in [6.45, 7) is 3.04. The number of esters is 1. The van der Waals surface area contributed by atoms with Crippen molar-refractivity contribution >= 4 is 18.0 Å². The van der Waals surface area contributed by atoms with Crippen molar-refractivity contribution in [3.8, 4) is 0 Å². The van der Waals surface area contributed by atoms with Gasteiger partial charge in [0.1, 0.15) is 5.54 Å². The maximum atomic E-state index is 11.9. The smallest absolute Gasteiger partial charge is 0.329 e. The molecule has 18 heavy (non-hydrogen) atoms. The van der Waals surface area contributed by atoms with Crippen LogP contribution in [-0.4, -0.2) is 66.2 Å². The number of hydrogen-bond acceptors (Lipinski definition) is 4. The van der Waals surface area contributed by atoms with Gasteiger partial charge in [0.2, 0.25) is 0 Å². The number of carbonyl (C=O) groups excluding carboxylic acids is 2. The van der Waals surface area contributed by atoms with Crippen molar-refractivity contribution in [2.24, 2.45) is 0 Å². The monoisotopic (exact) mass is 260 g/mol. The lowest BCUT2D eigenvalue weighted by Crippen LogP contribution is -2.54. The van der Waals surface area contributed by atoms with Crippen LogP contribution in [0.25, 0.3) is 0 Å². The molecule has 7 nitrogen and oxygen atoms in total. The Labute approximate surface area is 106 Å². The standard InChI is InChI=1S/C11H20N2O5/c1-11(2,9(15)16)13(4)10(17)12(3)7-6-8(14)18-5/h6-7H2,1-5H3,(H,15,16). The second-order valence-corrected chi connectivity index (χ2v) is 4.45. The van der Waals surface area contributed by atoms with Gasteiger partial charge in [-0.1, -0.05) is 0 Å². The largest absolute Gasteiger partial charge is 0.480 e. The number of carboxylic acid groups (broad SMARTS) is 1. The van der Waals surface area contributed by atoms with Crippen molar-refractivity contribution in [3.05, 3.63) is 0 Å². The van der Waals surface area contributed by atoms with E-state index in [0.29, 0.717) is 0 Å². The van der Waals surface area contributed by atoms with Crippen molar-refractivity contribution < 1.29 is 24.2 Å². The third-order valence-corrected chi connectivity index (χ3v) is 2.85. The quantitative estimate of drug-likeness (QED) is 0.723. The molecule has 2 amide bonds. The Hall–Kier alpha value is -1.79. The highest BCUT2D eigenvalue weighted by Gasteiger charge is 2.36. The first kappa shape index (κ1) is 16.2. The first-order chi connectivity index (χ1) is 8.14. The lowest BCUT2D eigenvalue weighted by Gasteiger charge is -2.34. The van der Waals surface area contributed by atoms with E-state index in [9.17, 15) is 14.4 Å². The molecule has 7 heteroatoms. The topological polar surface area (TPSA) is 87.2 Å². The van der Waals surface area contributed by atoms with Gasteiger partial charge in [-0.2, -0.15) is 0 Å². The van der Waals surface area contributed by atoms with Crippen molar-refractivity contribution in [2.75, 3.05) is 27.7 Å². The molecule has 0 fully saturated rings. The molecule has 0 aliphatic rings. The molecular formula is C11H20N2O5. The highest BCUT2D eigenvalue weighted by atomic mass is 16.5. The van der Waals surface area contributed by atoms with E-state index in [1.807, 2.05) is 0 Å². The Kier molecular flexibility index (Phi) is 5.61. The molecule has 0 unspecified atom stereocenters. The molecule has 0 heterocycles. The van der Waals surface area contributed by atoms with E-state index in [4.69, 9.17) is 5.11 Å². The predicted molar refractivity (Wildman–Crippen MR) is 64.1 cm³/mol. The SMILES string of the molecule is COC(=O)CCN(C)C(=O)N(C)C(C)(C)C(=O)O. The van der Waals surface area contributed by atoms with Crippen LogP contribution in [0.5, 0.6) is 0 Å². The van der Waals surface area contributed by atoms with Crippen LogP contribution in [0.15, 0.2) is 0 Å². The fourth-order valence-electron chi connectivity index (χ4n) is 1.10. The van der Waals surface area contributed by atoms with Gasteiger partial charge in [0.05, 0.1) is 13.5 Å². The van der Waals surface area contributed by atoms with Gasteiger partial charge in [-0.15, -0.1) is 0 Å². The zero-order chi connectivity index (χ0) is 14.5. The summed E-state index contributed by atoms with van der Waals surface area (Å²) in [6.07, 6.45) is 0.0695. The number of aliphatic carboxylic acids is 1. The molecule has 0 aromatic heterocycles. The Morgan fingerprint density at radius 1 is 1.22 bits per heavy atom. The number of rotatable bonds is 5. The lowest BCUT2D eigenvalue weighted by molar-refractivity contribution is -0.147. The van der Waals surface area contributed by atoms with Crippen LogP contribution in [-0.2, 0) is 14.3 Å². The Morgan fingerprint density at radius 2 is 1.72 bits per heavy atom. The van der Waals surface area contributed by atoms with Gasteiger partial charge in [0.25, 0.3) is 0 Å². The van der Waals surface area contributed by atoms with Crippen LogP contribution in [0.1, 0.15) is 20.3 Å². The van der Waals surface area contributed by atoms with Crippen LogP contribution < -0.4 is 0 Å². The number of ether oxygens (including phenoxy) is 1. The number of carboxylic acids is 1. The van der Waals surface area contributed by atoms with Gasteiger partial charge in [-0.3, -0.25) is 4.79 Å². The average molecular weight is 260 g/mol. The predicted octanol–water partition coefficient (Wildman–Crippen LogP) is 0.396. The van der Waals surface area contributed by atoms with Crippen LogP contribution in [0.2, 0.25) is 0 Å². The molecule has 0 bridgehead atoms. The summed E-state index contributed by atoms with van der Waals surface area (Å²) in [5.41, 5.74) is -1.31. The van der Waals surface area contributed by atoms with Crippen molar-refractivity contribution in [1.82, 2.24) is 9.80 Å². The molecule has 0 rings (SSSR count). The maximum absolute atomic E-state index is 11.9. The number of carbonyl (C=O) groups is 3. The summed E-state index contributed by atoms with van der Waals surface area (Å²) in [7, 11) is 4.18. The number of urea groups is 1. The average Bonchev–Trinajstić information content (AvgIpc) is 2.32. The van der Waals surface area contributed by atoms with E-state index in [-0.39, 0.29) is 13.0 Å². The minimum atomic E-state index is -1.31. The zero-order valence-corrected chi connectivity index (χ0v) is 11.4. The number of amides is 2. The molecule has 104 valence electrons. The fourth-order valence-corrected chi connectivity index (χ4v) is 1.10. The fraction of sp³-hybridized carbons (Fsp3) is 0.727. The van der Waals surface area contributed by atoms with Crippen LogP contribution in [0, 0.1) is 0 Å². The minimum absolute atomic E-state index is 0.0695. The van der Waals surface area contributed by atoms with E-state index in [1.54, 1.807) is 0 Å². The summed E-state index contributed by atoms with van der Waals surface area (Å²) in [4.78, 5) is 36.3. The maximum Gasteiger partial charge on any atom is 0.329 e. The van der Waals surface area contributed by atoms with Gasteiger partial charge in [0, 0.05) is 20.6 Å². The molecule has 0 aromatic carbocycles. The summed E-state index contributed by atoms with van der Waals surface area (Å²) in [5.74, 6) is -1.52. The van der Waals surface area contributed by atoms with E-state index < -0.39 is 23.5 Å². The normalized spacial score (nSPS) is 10.7. The van der Waals surface area contributed by atoms with Crippen molar-refractivity contribution in [3.63, 3.8) is 0 Å². The van der Waals surface area contributed by atoms with E-state index in [0.717, 1.165) is 4.90 Å². The summed E-state index contributed by atoms with van der Waals surface area (Å²) < 4.78 is 4.46. The van der Waals surface area contributed by atoms with Gasteiger partial charge in [-0.05, 0) is 13.8 Å². The third kappa shape index (κ3) is 3.90. The molecule has 1 N–H and O–H groups in total. The van der Waals surface area contributed by atoms with E-state index in [1.165, 1.54) is 40.0 Å². The Balaban J connectivity index is 4.55. The molecule has 0 aliphatic heterocycles. The molecule has 0 saturated heterocycles. The highest BCUT2D eigenvalue weighted by molar-refractivity contribution is 5.85. The summed E-state index contributed by atoms with van der Waals surface area (Å²) in [5, 5.41) is 9.01. The molecule has 0 aliphatic carbocycles. The minimum Gasteiger partial charge on any atom is -0.480 e. The lowest BCUT2D eigenvalue weighted by atomic mass is 10.0. The summed E-state index contributed by atoms with van der Waals surface area (Å²) in [6, 6.07) is -0.466. The summed E-state index contributed by atoms with van der Waals surface area (Å²) >= 11 is 0.